The molecule has 1 rings (SSSR count). The predicted molar refractivity (Wildman–Crippen MR) is 50.0 cm³/mol. The zero-order chi connectivity index (χ0) is 9.84. The van der Waals surface area contributed by atoms with Crippen LogP contribution in [0.5, 0.6) is 0 Å². The number of unbranched alkanes of at least 4 members (excludes halogenated alkanes) is 1. The monoisotopic (exact) mass is 181 g/mol. The third-order valence-electron chi connectivity index (χ3n) is 2.22. The summed E-state index contributed by atoms with van der Waals surface area (Å²) in [4.78, 5) is 23.6. The van der Waals surface area contributed by atoms with Gasteiger partial charge in [-0.2, -0.15) is 0 Å². The van der Waals surface area contributed by atoms with Crippen molar-refractivity contribution in [3.63, 3.8) is 0 Å². The molecule has 0 aliphatic carbocycles. The van der Waals surface area contributed by atoms with Crippen molar-refractivity contribution >= 4 is 11.8 Å². The minimum Gasteiger partial charge on any atom is -0.275 e. The van der Waals surface area contributed by atoms with E-state index in [4.69, 9.17) is 0 Å². The third-order valence-corrected chi connectivity index (χ3v) is 2.22. The van der Waals surface area contributed by atoms with Gasteiger partial charge >= 0.3 is 0 Å². The van der Waals surface area contributed by atoms with Crippen LogP contribution in [-0.2, 0) is 9.59 Å². The van der Waals surface area contributed by atoms with Crippen molar-refractivity contribution in [3.05, 3.63) is 12.2 Å². The summed E-state index contributed by atoms with van der Waals surface area (Å²) in [6.07, 6.45) is 6.33. The van der Waals surface area contributed by atoms with Crippen molar-refractivity contribution in [1.29, 1.82) is 0 Å². The van der Waals surface area contributed by atoms with Crippen molar-refractivity contribution in [3.8, 4) is 0 Å². The second-order valence-corrected chi connectivity index (χ2v) is 3.30. The first-order valence-corrected chi connectivity index (χ1v) is 4.68. The number of hydrogen-bond donors (Lipinski definition) is 0. The van der Waals surface area contributed by atoms with E-state index in [-0.39, 0.29) is 17.9 Å². The molecule has 0 saturated heterocycles. The number of rotatable bonds is 3. The quantitative estimate of drug-likeness (QED) is 0.661. The summed E-state index contributed by atoms with van der Waals surface area (Å²) < 4.78 is 0. The van der Waals surface area contributed by atoms with Gasteiger partial charge in [-0.25, -0.2) is 0 Å². The van der Waals surface area contributed by atoms with Gasteiger partial charge in [0, 0.05) is 13.0 Å². The second kappa shape index (κ2) is 4.21. The highest BCUT2D eigenvalue weighted by molar-refractivity contribution is 6.02. The van der Waals surface area contributed by atoms with Gasteiger partial charge in [0.05, 0.1) is 6.04 Å². The summed E-state index contributed by atoms with van der Waals surface area (Å²) in [5.74, 6) is -0.329. The van der Waals surface area contributed by atoms with Crippen LogP contribution in [0.3, 0.4) is 0 Å². The molecule has 13 heavy (non-hydrogen) atoms. The normalized spacial score (nSPS) is 21.2. The van der Waals surface area contributed by atoms with Crippen LogP contribution in [0.25, 0.3) is 0 Å². The first kappa shape index (κ1) is 9.96. The molecule has 3 nitrogen and oxygen atoms in total. The fourth-order valence-corrected chi connectivity index (χ4v) is 1.55. The average Bonchev–Trinajstić information content (AvgIpc) is 2.43. The summed E-state index contributed by atoms with van der Waals surface area (Å²) in [6.45, 7) is 3.53. The van der Waals surface area contributed by atoms with Gasteiger partial charge in [0.25, 0.3) is 5.91 Å². The lowest BCUT2D eigenvalue weighted by Gasteiger charge is -2.20. The van der Waals surface area contributed by atoms with Crippen LogP contribution >= 0.6 is 0 Å². The van der Waals surface area contributed by atoms with Crippen LogP contribution in [0.2, 0.25) is 0 Å². The summed E-state index contributed by atoms with van der Waals surface area (Å²) >= 11 is 0. The van der Waals surface area contributed by atoms with Crippen molar-refractivity contribution in [2.75, 3.05) is 0 Å². The first-order chi connectivity index (χ1) is 6.16. The molecular formula is C10H15NO2. The highest BCUT2D eigenvalue weighted by Crippen LogP contribution is 2.16. The number of hydrogen-bond acceptors (Lipinski definition) is 2. The molecule has 0 bridgehead atoms. The largest absolute Gasteiger partial charge is 0.275 e. The molecule has 72 valence electrons. The molecule has 0 unspecified atom stereocenters. The molecule has 1 aliphatic heterocycles. The molecule has 2 amide bonds. The molecule has 0 aromatic heterocycles. The van der Waals surface area contributed by atoms with Gasteiger partial charge < -0.3 is 0 Å². The number of carbonyl (C=O) groups excluding carboxylic acids is 2. The fraction of sp³-hybridized carbons (Fsp3) is 0.600. The Kier molecular flexibility index (Phi) is 3.23. The highest BCUT2D eigenvalue weighted by Gasteiger charge is 2.28. The lowest BCUT2D eigenvalue weighted by molar-refractivity contribution is -0.141. The summed E-state index contributed by atoms with van der Waals surface area (Å²) in [5.41, 5.74) is 0. The lowest BCUT2D eigenvalue weighted by Crippen LogP contribution is -2.37. The first-order valence-electron chi connectivity index (χ1n) is 4.68. The zero-order valence-electron chi connectivity index (χ0n) is 8.12. The van der Waals surface area contributed by atoms with Crippen LogP contribution in [0.1, 0.15) is 33.1 Å². The fourth-order valence-electron chi connectivity index (χ4n) is 1.55. The van der Waals surface area contributed by atoms with E-state index in [2.05, 4.69) is 6.92 Å². The van der Waals surface area contributed by atoms with Gasteiger partial charge in [-0.15, -0.1) is 0 Å². The van der Waals surface area contributed by atoms with Gasteiger partial charge in [-0.05, 0) is 6.42 Å². The Morgan fingerprint density at radius 2 is 2.31 bits per heavy atom. The third kappa shape index (κ3) is 2.17. The van der Waals surface area contributed by atoms with Crippen LogP contribution in [-0.4, -0.2) is 22.8 Å². The van der Waals surface area contributed by atoms with E-state index in [1.807, 2.05) is 6.08 Å². The number of amides is 2. The SMILES string of the molecule is CCCC[C@@H]1C=CC(=O)N1C(C)=O. The van der Waals surface area contributed by atoms with Gasteiger partial charge in [0.1, 0.15) is 0 Å². The number of imide groups is 1. The molecule has 0 saturated carbocycles. The molecule has 1 heterocycles. The Bertz CT molecular complexity index is 245. The summed E-state index contributed by atoms with van der Waals surface area (Å²) in [5, 5.41) is 0. The van der Waals surface area contributed by atoms with E-state index < -0.39 is 0 Å². The van der Waals surface area contributed by atoms with E-state index in [0.717, 1.165) is 19.3 Å². The summed E-state index contributed by atoms with van der Waals surface area (Å²) in [6, 6.07) is 0.00458. The van der Waals surface area contributed by atoms with E-state index in [1.165, 1.54) is 17.9 Å². The second-order valence-electron chi connectivity index (χ2n) is 3.30. The maximum Gasteiger partial charge on any atom is 0.253 e. The molecule has 0 spiro atoms. The van der Waals surface area contributed by atoms with Gasteiger partial charge in [0.2, 0.25) is 5.91 Å². The Morgan fingerprint density at radius 3 is 2.85 bits per heavy atom. The highest BCUT2D eigenvalue weighted by atomic mass is 16.2. The molecule has 1 aliphatic rings. The molecule has 1 atom stereocenters. The minimum absolute atomic E-state index is 0.00458. The number of carbonyl (C=O) groups is 2. The molecule has 0 aromatic rings. The average molecular weight is 181 g/mol. The zero-order valence-corrected chi connectivity index (χ0v) is 8.12. The smallest absolute Gasteiger partial charge is 0.253 e. The van der Waals surface area contributed by atoms with Crippen LogP contribution in [0.4, 0.5) is 0 Å². The van der Waals surface area contributed by atoms with Gasteiger partial charge in [-0.3, -0.25) is 14.5 Å². The van der Waals surface area contributed by atoms with Crippen molar-refractivity contribution in [1.82, 2.24) is 4.90 Å². The molecular weight excluding hydrogens is 166 g/mol. The van der Waals surface area contributed by atoms with Gasteiger partial charge in [-0.1, -0.05) is 25.8 Å². The molecule has 0 N–H and O–H groups in total. The molecule has 3 heteroatoms. The maximum absolute atomic E-state index is 11.2. The van der Waals surface area contributed by atoms with Crippen molar-refractivity contribution < 1.29 is 9.59 Å². The Balaban J connectivity index is 2.58. The van der Waals surface area contributed by atoms with Crippen molar-refractivity contribution in [2.24, 2.45) is 0 Å². The minimum atomic E-state index is -0.173. The predicted octanol–water partition coefficient (Wildman–Crippen LogP) is 1.49. The van der Waals surface area contributed by atoms with Crippen molar-refractivity contribution in [2.45, 2.75) is 39.2 Å². The van der Waals surface area contributed by atoms with E-state index >= 15 is 0 Å². The molecule has 0 fully saturated rings. The van der Waals surface area contributed by atoms with Crippen LogP contribution in [0.15, 0.2) is 12.2 Å². The van der Waals surface area contributed by atoms with E-state index in [1.54, 1.807) is 0 Å². The number of nitrogens with zero attached hydrogens (tertiary/aromatic N) is 1. The Labute approximate surface area is 78.4 Å². The Morgan fingerprint density at radius 1 is 1.62 bits per heavy atom. The lowest BCUT2D eigenvalue weighted by atomic mass is 10.1. The molecule has 0 radical (unpaired) electrons. The van der Waals surface area contributed by atoms with Crippen LogP contribution < -0.4 is 0 Å². The van der Waals surface area contributed by atoms with Crippen LogP contribution in [0, 0.1) is 0 Å². The summed E-state index contributed by atoms with van der Waals surface area (Å²) in [7, 11) is 0. The van der Waals surface area contributed by atoms with Gasteiger partial charge in [0.15, 0.2) is 0 Å². The Hall–Kier alpha value is -1.12. The van der Waals surface area contributed by atoms with E-state index in [9.17, 15) is 9.59 Å². The van der Waals surface area contributed by atoms with E-state index in [0.29, 0.717) is 0 Å². The topological polar surface area (TPSA) is 37.4 Å². The molecule has 0 aromatic carbocycles. The maximum atomic E-state index is 11.2. The standard InChI is InChI=1S/C10H15NO2/c1-3-4-5-9-6-7-10(13)11(9)8(2)12/h6-7,9H,3-5H2,1-2H3/t9-/m1/s1.